The lowest BCUT2D eigenvalue weighted by molar-refractivity contribution is -0.152. The summed E-state index contributed by atoms with van der Waals surface area (Å²) in [4.78, 5) is 34.9. The number of carboxylic acid groups (broad SMARTS) is 1. The molecule has 0 radical (unpaired) electrons. The summed E-state index contributed by atoms with van der Waals surface area (Å²) < 4.78 is 0. The summed E-state index contributed by atoms with van der Waals surface area (Å²) in [6, 6.07) is -2.39. The van der Waals surface area contributed by atoms with Crippen LogP contribution in [0, 0.1) is 0 Å². The number of likely N-dealkylation sites (tertiary alicyclic amines) is 1. The van der Waals surface area contributed by atoms with Crippen LogP contribution in [-0.4, -0.2) is 46.5 Å². The van der Waals surface area contributed by atoms with Gasteiger partial charge in [-0.25, -0.2) is 9.59 Å². The molecule has 0 saturated carbocycles. The molecule has 0 aliphatic carbocycles. The van der Waals surface area contributed by atoms with Gasteiger partial charge in [0.25, 0.3) is 0 Å². The molecule has 0 aromatic carbocycles. The topological polar surface area (TPSA) is 113 Å². The largest absolute Gasteiger partial charge is 0.480 e. The summed E-state index contributed by atoms with van der Waals surface area (Å²) in [7, 11) is 0. The molecule has 1 aliphatic rings. The molecule has 1 fully saturated rings. The van der Waals surface area contributed by atoms with Crippen LogP contribution < -0.4 is 11.1 Å². The van der Waals surface area contributed by atoms with Crippen LogP contribution >= 0.6 is 0 Å². The number of urea groups is 1. The van der Waals surface area contributed by atoms with Crippen LogP contribution in [0.3, 0.4) is 0 Å². The van der Waals surface area contributed by atoms with Crippen LogP contribution in [0.5, 0.6) is 0 Å². The molecular weight excluding hydrogens is 226 g/mol. The third kappa shape index (κ3) is 3.33. The van der Waals surface area contributed by atoms with E-state index in [-0.39, 0.29) is 0 Å². The summed E-state index contributed by atoms with van der Waals surface area (Å²) in [5.74, 6) is -1.42. The SMILES string of the molecule is CC(NC(N)=O)C(=O)N1CCCC[C@H]1C(=O)O. The van der Waals surface area contributed by atoms with E-state index in [0.29, 0.717) is 13.0 Å². The number of carbonyl (C=O) groups excluding carboxylic acids is 2. The number of nitrogens with one attached hydrogen (secondary N) is 1. The van der Waals surface area contributed by atoms with Gasteiger partial charge in [0.15, 0.2) is 0 Å². The number of piperidine rings is 1. The molecule has 0 aromatic rings. The first kappa shape index (κ1) is 13.3. The highest BCUT2D eigenvalue weighted by atomic mass is 16.4. The fourth-order valence-electron chi connectivity index (χ4n) is 1.98. The van der Waals surface area contributed by atoms with Gasteiger partial charge in [-0.2, -0.15) is 0 Å². The normalized spacial score (nSPS) is 21.7. The summed E-state index contributed by atoms with van der Waals surface area (Å²) >= 11 is 0. The molecule has 17 heavy (non-hydrogen) atoms. The van der Waals surface area contributed by atoms with Crippen LogP contribution in [-0.2, 0) is 9.59 Å². The second-order valence-corrected chi connectivity index (χ2v) is 4.11. The highest BCUT2D eigenvalue weighted by Gasteiger charge is 2.34. The van der Waals surface area contributed by atoms with Gasteiger partial charge in [-0.05, 0) is 26.2 Å². The smallest absolute Gasteiger partial charge is 0.326 e. The first-order valence-electron chi connectivity index (χ1n) is 5.52. The van der Waals surface area contributed by atoms with Gasteiger partial charge < -0.3 is 21.1 Å². The molecule has 1 heterocycles. The Kier molecular flexibility index (Phi) is 4.30. The fraction of sp³-hybridized carbons (Fsp3) is 0.700. The Labute approximate surface area is 98.9 Å². The summed E-state index contributed by atoms with van der Waals surface area (Å²) in [6.45, 7) is 1.89. The van der Waals surface area contributed by atoms with Gasteiger partial charge in [-0.15, -0.1) is 0 Å². The Morgan fingerprint density at radius 2 is 2.06 bits per heavy atom. The van der Waals surface area contributed by atoms with Crippen molar-refractivity contribution in [2.75, 3.05) is 6.54 Å². The van der Waals surface area contributed by atoms with Crippen molar-refractivity contribution in [2.45, 2.75) is 38.3 Å². The second-order valence-electron chi connectivity index (χ2n) is 4.11. The van der Waals surface area contributed by atoms with Gasteiger partial charge >= 0.3 is 12.0 Å². The minimum Gasteiger partial charge on any atom is -0.480 e. The highest BCUT2D eigenvalue weighted by Crippen LogP contribution is 2.18. The molecule has 96 valence electrons. The van der Waals surface area contributed by atoms with Crippen molar-refractivity contribution in [1.29, 1.82) is 0 Å². The number of hydrogen-bond donors (Lipinski definition) is 3. The van der Waals surface area contributed by atoms with Gasteiger partial charge in [0.05, 0.1) is 0 Å². The molecule has 1 aliphatic heterocycles. The van der Waals surface area contributed by atoms with E-state index in [9.17, 15) is 14.4 Å². The molecule has 7 heteroatoms. The average molecular weight is 243 g/mol. The molecule has 1 saturated heterocycles. The van der Waals surface area contributed by atoms with Crippen molar-refractivity contribution in [2.24, 2.45) is 5.73 Å². The van der Waals surface area contributed by atoms with Crippen molar-refractivity contribution in [3.63, 3.8) is 0 Å². The van der Waals surface area contributed by atoms with E-state index in [2.05, 4.69) is 5.32 Å². The Morgan fingerprint density at radius 3 is 2.59 bits per heavy atom. The zero-order chi connectivity index (χ0) is 13.0. The van der Waals surface area contributed by atoms with Crippen LogP contribution in [0.1, 0.15) is 26.2 Å². The van der Waals surface area contributed by atoms with E-state index in [0.717, 1.165) is 12.8 Å². The van der Waals surface area contributed by atoms with Gasteiger partial charge in [-0.3, -0.25) is 4.79 Å². The number of nitrogens with two attached hydrogens (primary N) is 1. The maximum atomic E-state index is 11.9. The van der Waals surface area contributed by atoms with Gasteiger partial charge in [0.1, 0.15) is 12.1 Å². The average Bonchev–Trinajstić information content (AvgIpc) is 2.27. The first-order chi connectivity index (χ1) is 7.93. The number of carboxylic acids is 1. The predicted molar refractivity (Wildman–Crippen MR) is 59.2 cm³/mol. The minimum atomic E-state index is -1.01. The molecule has 4 N–H and O–H groups in total. The number of nitrogens with zero attached hydrogens (tertiary/aromatic N) is 1. The molecule has 0 aromatic heterocycles. The third-order valence-electron chi connectivity index (χ3n) is 2.80. The van der Waals surface area contributed by atoms with Crippen LogP contribution in [0.4, 0.5) is 4.79 Å². The van der Waals surface area contributed by atoms with Gasteiger partial charge in [-0.1, -0.05) is 0 Å². The molecule has 0 bridgehead atoms. The second kappa shape index (κ2) is 5.51. The van der Waals surface area contributed by atoms with Gasteiger partial charge in [0.2, 0.25) is 5.91 Å². The number of primary amides is 1. The van der Waals surface area contributed by atoms with Crippen LogP contribution in [0.2, 0.25) is 0 Å². The molecule has 7 nitrogen and oxygen atoms in total. The van der Waals surface area contributed by atoms with E-state index in [1.807, 2.05) is 0 Å². The zero-order valence-electron chi connectivity index (χ0n) is 9.68. The lowest BCUT2D eigenvalue weighted by Gasteiger charge is -2.34. The Balaban J connectivity index is 2.70. The third-order valence-corrected chi connectivity index (χ3v) is 2.80. The van der Waals surface area contributed by atoms with Crippen molar-refractivity contribution >= 4 is 17.9 Å². The predicted octanol–water partition coefficient (Wildman–Crippen LogP) is -0.491. The number of carbonyl (C=O) groups is 3. The van der Waals surface area contributed by atoms with E-state index >= 15 is 0 Å². The Morgan fingerprint density at radius 1 is 1.41 bits per heavy atom. The van der Waals surface area contributed by atoms with Crippen molar-refractivity contribution in [1.82, 2.24) is 10.2 Å². The quantitative estimate of drug-likeness (QED) is 0.620. The summed E-state index contributed by atoms with van der Waals surface area (Å²) in [5, 5.41) is 11.3. The van der Waals surface area contributed by atoms with E-state index in [1.165, 1.54) is 11.8 Å². The van der Waals surface area contributed by atoms with Gasteiger partial charge in [0, 0.05) is 6.54 Å². The lowest BCUT2D eigenvalue weighted by Crippen LogP contribution is -2.55. The molecule has 2 atom stereocenters. The molecule has 1 rings (SSSR count). The molecular formula is C10H17N3O4. The molecule has 0 spiro atoms. The van der Waals surface area contributed by atoms with Crippen molar-refractivity contribution < 1.29 is 19.5 Å². The van der Waals surface area contributed by atoms with Crippen molar-refractivity contribution in [3.05, 3.63) is 0 Å². The number of aliphatic carboxylic acids is 1. The Bertz CT molecular complexity index is 332. The van der Waals surface area contributed by atoms with Crippen molar-refractivity contribution in [3.8, 4) is 0 Å². The molecule has 1 unspecified atom stereocenters. The van der Waals surface area contributed by atoms with E-state index < -0.39 is 30.0 Å². The van der Waals surface area contributed by atoms with Crippen LogP contribution in [0.15, 0.2) is 0 Å². The number of amides is 3. The lowest BCUT2D eigenvalue weighted by atomic mass is 10.0. The standard InChI is InChI=1S/C10H17N3O4/c1-6(12-10(11)17)8(14)13-5-3-2-4-7(13)9(15)16/h6-7H,2-5H2,1H3,(H,15,16)(H3,11,12,17)/t6?,7-/m0/s1. The molecule has 3 amide bonds. The Hall–Kier alpha value is -1.79. The summed E-state index contributed by atoms with van der Waals surface area (Å²) in [5.41, 5.74) is 4.92. The van der Waals surface area contributed by atoms with Crippen LogP contribution in [0.25, 0.3) is 0 Å². The summed E-state index contributed by atoms with van der Waals surface area (Å²) in [6.07, 6.45) is 2.02. The first-order valence-corrected chi connectivity index (χ1v) is 5.52. The minimum absolute atomic E-state index is 0.403. The number of hydrogen-bond acceptors (Lipinski definition) is 3. The fourth-order valence-corrected chi connectivity index (χ4v) is 1.98. The number of rotatable bonds is 3. The maximum absolute atomic E-state index is 11.9. The maximum Gasteiger partial charge on any atom is 0.326 e. The van der Waals surface area contributed by atoms with E-state index in [4.69, 9.17) is 10.8 Å². The van der Waals surface area contributed by atoms with E-state index in [1.54, 1.807) is 0 Å². The highest BCUT2D eigenvalue weighted by molar-refractivity contribution is 5.89. The zero-order valence-corrected chi connectivity index (χ0v) is 9.68. The monoisotopic (exact) mass is 243 g/mol.